The molecule has 0 aromatic carbocycles. The van der Waals surface area contributed by atoms with E-state index in [1.54, 1.807) is 4.13 Å². The van der Waals surface area contributed by atoms with Gasteiger partial charge in [-0.3, -0.25) is 0 Å². The number of rotatable bonds is 38. The Kier molecular flexibility index (Phi) is 37.1. The zero-order valence-electron chi connectivity index (χ0n) is 35.4. The second-order valence-corrected chi connectivity index (χ2v) is 19.3. The first-order valence-electron chi connectivity index (χ1n) is 22.3. The molecule has 0 unspecified atom stereocenters. The van der Waals surface area contributed by atoms with E-state index in [1.807, 2.05) is 0 Å². The summed E-state index contributed by atoms with van der Waals surface area (Å²) in [6.07, 6.45) is 47.0. The third kappa shape index (κ3) is 37.0. The number of halogens is 3. The minimum atomic E-state index is -5.92. The van der Waals surface area contributed by atoms with E-state index >= 15 is 0 Å². The largest absolute Gasteiger partial charge is 0.480 e. The third-order valence-electron chi connectivity index (χ3n) is 10.5. The summed E-state index contributed by atoms with van der Waals surface area (Å²) in [4.78, 5) is 0. The Morgan fingerprint density at radius 3 is 0.717 bits per heavy atom. The van der Waals surface area contributed by atoms with Crippen molar-refractivity contribution in [3.63, 3.8) is 0 Å². The number of hydrogen-bond acceptors (Lipinski definition) is 4. The zero-order valence-corrected chi connectivity index (χ0v) is 37.1. The molecule has 0 amide bonds. The molecule has 53 heavy (non-hydrogen) atoms. The van der Waals surface area contributed by atoms with Crippen molar-refractivity contribution < 1.29 is 34.5 Å². The minimum absolute atomic E-state index is 0.246. The standard InChI is InChI=1S/C40H84N.C2H3F3NO4S2/c1-5-9-13-17-21-25-29-33-37-41(38-34-30-26-22-18-14-10-6-2,39-35-31-27-23-19-15-11-7-3)40-36-32-28-24-20-16-12-8-4;1-11(7,8)6-12(9,10)2(3,4)5/h5-40H2,1-4H3;1H3/q+1;-1. The molecule has 0 saturated carbocycles. The maximum atomic E-state index is 11.4. The predicted molar refractivity (Wildman–Crippen MR) is 223 cm³/mol. The SMILES string of the molecule is CCCCCCCCCC[N+](CCCCCCCCCC)(CCCCCCCCCC)CCCCCCCCCC.CS(=O)(=O)[N-]S(=O)(=O)C(F)(F)F. The van der Waals surface area contributed by atoms with Gasteiger partial charge in [-0.2, -0.15) is 13.2 Å². The molecule has 0 radical (unpaired) electrons. The van der Waals surface area contributed by atoms with Gasteiger partial charge in [0.2, 0.25) is 0 Å². The van der Waals surface area contributed by atoms with Crippen molar-refractivity contribution in [2.45, 2.75) is 239 Å². The summed E-state index contributed by atoms with van der Waals surface area (Å²) in [5, 5.41) is 0. The molecule has 0 saturated heterocycles. The van der Waals surface area contributed by atoms with Crippen LogP contribution in [0.3, 0.4) is 0 Å². The van der Waals surface area contributed by atoms with E-state index in [9.17, 15) is 30.0 Å². The molecule has 0 atom stereocenters. The van der Waals surface area contributed by atoms with Gasteiger partial charge in [-0.15, -0.1) is 0 Å². The summed E-state index contributed by atoms with van der Waals surface area (Å²) in [6, 6.07) is 0. The van der Waals surface area contributed by atoms with Gasteiger partial charge in [0.05, 0.1) is 36.2 Å². The fourth-order valence-corrected chi connectivity index (χ4v) is 8.98. The molecule has 0 N–H and O–H groups in total. The molecule has 0 spiro atoms. The van der Waals surface area contributed by atoms with Crippen LogP contribution in [0.25, 0.3) is 4.13 Å². The molecule has 0 aliphatic rings. The lowest BCUT2D eigenvalue weighted by Gasteiger charge is -2.40. The highest BCUT2D eigenvalue weighted by Crippen LogP contribution is 2.29. The van der Waals surface area contributed by atoms with Gasteiger partial charge in [0.15, 0.2) is 10.0 Å². The van der Waals surface area contributed by atoms with E-state index in [0.717, 1.165) is 0 Å². The number of unbranched alkanes of at least 4 members (excludes halogenated alkanes) is 28. The monoisotopic (exact) mass is 805 g/mol. The number of nitrogens with zero attached hydrogens (tertiary/aromatic N) is 2. The Labute approximate surface area is 328 Å². The third-order valence-corrected chi connectivity index (χ3v) is 12.9. The Morgan fingerprint density at radius 1 is 0.377 bits per heavy atom. The van der Waals surface area contributed by atoms with E-state index in [1.165, 1.54) is 236 Å². The molecule has 0 fully saturated rings. The normalized spacial score (nSPS) is 12.6. The molecule has 0 aliphatic carbocycles. The Hall–Kier alpha value is -0.390. The predicted octanol–water partition coefficient (Wildman–Crippen LogP) is 14.5. The highest BCUT2D eigenvalue weighted by Gasteiger charge is 2.40. The van der Waals surface area contributed by atoms with Gasteiger partial charge in [-0.1, -0.05) is 182 Å². The van der Waals surface area contributed by atoms with Crippen molar-refractivity contribution in [1.29, 1.82) is 0 Å². The highest BCUT2D eigenvalue weighted by atomic mass is 32.3. The number of alkyl halides is 3. The number of hydrogen-bond donors (Lipinski definition) is 0. The molecule has 6 nitrogen and oxygen atoms in total. The second kappa shape index (κ2) is 36.0. The van der Waals surface area contributed by atoms with Crippen molar-refractivity contribution in [1.82, 2.24) is 0 Å². The van der Waals surface area contributed by atoms with Crippen LogP contribution in [-0.2, 0) is 20.0 Å². The van der Waals surface area contributed by atoms with Gasteiger partial charge in [0.1, 0.15) is 0 Å². The van der Waals surface area contributed by atoms with Crippen molar-refractivity contribution in [2.24, 2.45) is 0 Å². The summed E-state index contributed by atoms with van der Waals surface area (Å²) in [7, 11) is -10.5. The fraction of sp³-hybridized carbons (Fsp3) is 1.00. The Balaban J connectivity index is 0. The average molecular weight is 805 g/mol. The average Bonchev–Trinajstić information content (AvgIpc) is 3.08. The van der Waals surface area contributed by atoms with E-state index in [2.05, 4.69) is 27.7 Å². The molecule has 322 valence electrons. The topological polar surface area (TPSA) is 82.4 Å². The minimum Gasteiger partial charge on any atom is -0.429 e. The van der Waals surface area contributed by atoms with Crippen LogP contribution in [0.15, 0.2) is 0 Å². The first-order valence-corrected chi connectivity index (χ1v) is 25.6. The molecule has 0 rings (SSSR count). The lowest BCUT2D eigenvalue weighted by Crippen LogP contribution is -2.50. The highest BCUT2D eigenvalue weighted by molar-refractivity contribution is 8.12. The van der Waals surface area contributed by atoms with E-state index in [-0.39, 0.29) is 6.26 Å². The van der Waals surface area contributed by atoms with Crippen LogP contribution in [0.5, 0.6) is 0 Å². The zero-order chi connectivity index (χ0) is 40.2. The molecule has 0 aromatic heterocycles. The second-order valence-electron chi connectivity index (χ2n) is 15.9. The first kappa shape index (κ1) is 54.7. The molecular formula is C42H87F3N2O4S2. The number of quaternary nitrogens is 1. The van der Waals surface area contributed by atoms with Crippen molar-refractivity contribution >= 4 is 20.0 Å². The maximum Gasteiger partial charge on any atom is 0.480 e. The van der Waals surface area contributed by atoms with Crippen LogP contribution in [0.4, 0.5) is 13.2 Å². The molecule has 0 aliphatic heterocycles. The number of sulfonamides is 2. The summed E-state index contributed by atoms with van der Waals surface area (Å²) in [5.74, 6) is 0. The molecule has 0 heterocycles. The van der Waals surface area contributed by atoms with Crippen LogP contribution in [0.1, 0.15) is 233 Å². The molecule has 11 heteroatoms. The van der Waals surface area contributed by atoms with Crippen LogP contribution in [0.2, 0.25) is 0 Å². The van der Waals surface area contributed by atoms with Crippen molar-refractivity contribution in [3.05, 3.63) is 4.13 Å². The summed E-state index contributed by atoms with van der Waals surface area (Å²) < 4.78 is 77.5. The lowest BCUT2D eigenvalue weighted by atomic mass is 10.0. The van der Waals surface area contributed by atoms with E-state index in [0.29, 0.717) is 0 Å². The van der Waals surface area contributed by atoms with Gasteiger partial charge in [0.25, 0.3) is 0 Å². The summed E-state index contributed by atoms with van der Waals surface area (Å²) in [5.41, 5.74) is -5.67. The van der Waals surface area contributed by atoms with Crippen LogP contribution in [-0.4, -0.2) is 59.3 Å². The first-order chi connectivity index (χ1) is 25.2. The summed E-state index contributed by atoms with van der Waals surface area (Å²) >= 11 is 0. The van der Waals surface area contributed by atoms with Crippen LogP contribution < -0.4 is 0 Å². The van der Waals surface area contributed by atoms with E-state index in [4.69, 9.17) is 0 Å². The van der Waals surface area contributed by atoms with Crippen molar-refractivity contribution in [2.75, 3.05) is 32.4 Å². The van der Waals surface area contributed by atoms with Crippen LogP contribution in [0, 0.1) is 0 Å². The van der Waals surface area contributed by atoms with Gasteiger partial charge in [-0.05, 0) is 51.4 Å². The quantitative estimate of drug-likeness (QED) is 0.0460. The maximum absolute atomic E-state index is 11.4. The molecular weight excluding hydrogens is 718 g/mol. The van der Waals surface area contributed by atoms with Crippen molar-refractivity contribution in [3.8, 4) is 0 Å². The van der Waals surface area contributed by atoms with Crippen LogP contribution >= 0.6 is 0 Å². The Morgan fingerprint density at radius 2 is 0.566 bits per heavy atom. The molecule has 0 bridgehead atoms. The lowest BCUT2D eigenvalue weighted by molar-refractivity contribution is -0.929. The van der Waals surface area contributed by atoms with E-state index < -0.39 is 25.6 Å². The van der Waals surface area contributed by atoms with Gasteiger partial charge in [0, 0.05) is 6.26 Å². The smallest absolute Gasteiger partial charge is 0.429 e. The molecule has 0 aromatic rings. The summed E-state index contributed by atoms with van der Waals surface area (Å²) in [6.45, 7) is 15.3. The Bertz CT molecular complexity index is 907. The van der Waals surface area contributed by atoms with Gasteiger partial charge >= 0.3 is 5.51 Å². The fourth-order valence-electron chi connectivity index (χ4n) is 7.22. The van der Waals surface area contributed by atoms with Gasteiger partial charge < -0.3 is 8.61 Å². The van der Waals surface area contributed by atoms with Gasteiger partial charge in [-0.25, -0.2) is 16.8 Å².